The fourth-order valence-corrected chi connectivity index (χ4v) is 11.2. The van der Waals surface area contributed by atoms with E-state index in [2.05, 4.69) is 205 Å². The zero-order valence-electron chi connectivity index (χ0n) is 45.4. The number of anilines is 3. The predicted molar refractivity (Wildman–Crippen MR) is 310 cm³/mol. The minimum atomic E-state index is 0.596. The summed E-state index contributed by atoms with van der Waals surface area (Å²) < 4.78 is 0. The smallest absolute Gasteiger partial charge is 0.0400 e. The third-order valence-corrected chi connectivity index (χ3v) is 15.9. The molecule has 6 aromatic rings. The van der Waals surface area contributed by atoms with Crippen molar-refractivity contribution in [1.29, 1.82) is 0 Å². The average molecular weight is 950 g/mol. The molecule has 0 saturated heterocycles. The van der Waals surface area contributed by atoms with E-state index in [0.717, 1.165) is 37.4 Å². The van der Waals surface area contributed by atoms with Crippen LogP contribution >= 0.6 is 0 Å². The van der Waals surface area contributed by atoms with E-state index in [-0.39, 0.29) is 0 Å². The van der Waals surface area contributed by atoms with Crippen molar-refractivity contribution < 1.29 is 0 Å². The summed E-state index contributed by atoms with van der Waals surface area (Å²) in [4.78, 5) is 0. The standard InChI is InChI=1S/2C23H31N.C22H29N/c2*1-17(2)21-13-14-23(22(15-21)20-7-5-4-6-8-20)24-16-19-11-9-18(3)10-12-19;1-17(2)20-13-14-22(23-16-18-9-5-3-6-10-18)21(15-20)19-11-7-4-8-12-19/h2*9-15,17,20,24H,4-8,16H2,1-3H3;3,5-6,9-10,13-15,17,19,23H,4,7-8,11-12,16H2,1-2H3. The van der Waals surface area contributed by atoms with Gasteiger partial charge in [0, 0.05) is 36.7 Å². The van der Waals surface area contributed by atoms with Crippen LogP contribution in [0.25, 0.3) is 0 Å². The molecule has 0 aliphatic heterocycles. The van der Waals surface area contributed by atoms with Crippen LogP contribution in [0.5, 0.6) is 0 Å². The van der Waals surface area contributed by atoms with Gasteiger partial charge in [-0.05, 0) is 156 Å². The molecule has 0 unspecified atom stereocenters. The highest BCUT2D eigenvalue weighted by atomic mass is 14.9. The molecule has 3 N–H and O–H groups in total. The van der Waals surface area contributed by atoms with Gasteiger partial charge in [-0.15, -0.1) is 0 Å². The van der Waals surface area contributed by atoms with Crippen molar-refractivity contribution in [2.24, 2.45) is 0 Å². The van der Waals surface area contributed by atoms with E-state index < -0.39 is 0 Å². The zero-order chi connectivity index (χ0) is 50.0. The molecule has 0 amide bonds. The molecule has 3 nitrogen and oxygen atoms in total. The second kappa shape index (κ2) is 27.5. The maximum Gasteiger partial charge on any atom is 0.0400 e. The SMILES string of the molecule is CC(C)c1ccc(NCc2ccccc2)c(C2CCCCC2)c1.Cc1ccc(CNc2ccc(C(C)C)cc2C2CCCCC2)cc1.Cc1ccc(CNc2ccc(C(C)C)cc2C2CCCCC2)cc1. The van der Waals surface area contributed by atoms with Crippen LogP contribution in [0.1, 0.15) is 235 Å². The molecule has 378 valence electrons. The Hall–Kier alpha value is -5.28. The van der Waals surface area contributed by atoms with E-state index in [1.54, 1.807) is 16.7 Å². The highest BCUT2D eigenvalue weighted by molar-refractivity contribution is 5.57. The van der Waals surface area contributed by atoms with Gasteiger partial charge in [0.25, 0.3) is 0 Å². The van der Waals surface area contributed by atoms with Crippen LogP contribution in [0.15, 0.2) is 133 Å². The molecule has 0 aromatic heterocycles. The molecule has 3 saturated carbocycles. The number of aryl methyl sites for hydroxylation is 2. The molecule has 0 spiro atoms. The van der Waals surface area contributed by atoms with E-state index in [9.17, 15) is 0 Å². The fourth-order valence-electron chi connectivity index (χ4n) is 11.2. The predicted octanol–water partition coefficient (Wildman–Crippen LogP) is 20.0. The van der Waals surface area contributed by atoms with Gasteiger partial charge in [-0.1, -0.05) is 226 Å². The van der Waals surface area contributed by atoms with Crippen LogP contribution in [-0.4, -0.2) is 0 Å². The number of hydrogen-bond donors (Lipinski definition) is 3. The first-order chi connectivity index (χ1) is 34.5. The van der Waals surface area contributed by atoms with Crippen LogP contribution in [0.4, 0.5) is 17.1 Å². The minimum absolute atomic E-state index is 0.596. The number of nitrogens with one attached hydrogen (secondary N) is 3. The van der Waals surface area contributed by atoms with Gasteiger partial charge in [0.2, 0.25) is 0 Å². The lowest BCUT2D eigenvalue weighted by Gasteiger charge is -2.26. The summed E-state index contributed by atoms with van der Waals surface area (Å²) in [6.45, 7) is 20.7. The molecule has 3 fully saturated rings. The van der Waals surface area contributed by atoms with Crippen LogP contribution in [-0.2, 0) is 19.6 Å². The Balaban J connectivity index is 0.000000157. The minimum Gasteiger partial charge on any atom is -0.381 e. The molecule has 0 radical (unpaired) electrons. The Bertz CT molecular complexity index is 2340. The molecule has 0 bridgehead atoms. The fraction of sp³-hybridized carbons (Fsp3) is 0.471. The number of hydrogen-bond acceptors (Lipinski definition) is 3. The Morgan fingerprint density at radius 3 is 0.901 bits per heavy atom. The molecule has 6 aromatic carbocycles. The first-order valence-corrected chi connectivity index (χ1v) is 28.3. The van der Waals surface area contributed by atoms with Crippen LogP contribution in [0.2, 0.25) is 0 Å². The molecule has 3 aliphatic carbocycles. The molecule has 3 aliphatic rings. The van der Waals surface area contributed by atoms with Crippen LogP contribution in [0.3, 0.4) is 0 Å². The summed E-state index contributed by atoms with van der Waals surface area (Å²) in [6, 6.07) is 49.6. The molecule has 0 atom stereocenters. The van der Waals surface area contributed by atoms with Gasteiger partial charge in [-0.2, -0.15) is 0 Å². The summed E-state index contributed by atoms with van der Waals surface area (Å²) in [7, 11) is 0. The van der Waals surface area contributed by atoms with Crippen LogP contribution in [0, 0.1) is 13.8 Å². The lowest BCUT2D eigenvalue weighted by atomic mass is 9.82. The van der Waals surface area contributed by atoms with Crippen molar-refractivity contribution in [3.63, 3.8) is 0 Å². The zero-order valence-corrected chi connectivity index (χ0v) is 45.4. The van der Waals surface area contributed by atoms with Gasteiger partial charge in [0.15, 0.2) is 0 Å². The highest BCUT2D eigenvalue weighted by Gasteiger charge is 2.22. The molecule has 71 heavy (non-hydrogen) atoms. The summed E-state index contributed by atoms with van der Waals surface area (Å²) in [5.74, 6) is 3.99. The molecule has 9 rings (SSSR count). The van der Waals surface area contributed by atoms with Crippen molar-refractivity contribution in [3.05, 3.63) is 195 Å². The maximum absolute atomic E-state index is 3.71. The molecular formula is C68H91N3. The van der Waals surface area contributed by atoms with Crippen molar-refractivity contribution in [3.8, 4) is 0 Å². The van der Waals surface area contributed by atoms with Gasteiger partial charge in [0.05, 0.1) is 0 Å². The number of rotatable bonds is 15. The van der Waals surface area contributed by atoms with Crippen molar-refractivity contribution in [2.45, 2.75) is 207 Å². The summed E-state index contributed by atoms with van der Waals surface area (Å²) in [5, 5.41) is 11.1. The van der Waals surface area contributed by atoms with Gasteiger partial charge < -0.3 is 16.0 Å². The highest BCUT2D eigenvalue weighted by Crippen LogP contribution is 2.41. The van der Waals surface area contributed by atoms with E-state index in [1.165, 1.54) is 158 Å². The van der Waals surface area contributed by atoms with Crippen molar-refractivity contribution in [2.75, 3.05) is 16.0 Å². The van der Waals surface area contributed by atoms with Gasteiger partial charge in [-0.25, -0.2) is 0 Å². The van der Waals surface area contributed by atoms with Crippen LogP contribution < -0.4 is 16.0 Å². The third kappa shape index (κ3) is 16.4. The van der Waals surface area contributed by atoms with Crippen molar-refractivity contribution in [1.82, 2.24) is 0 Å². The van der Waals surface area contributed by atoms with Gasteiger partial charge >= 0.3 is 0 Å². The van der Waals surface area contributed by atoms with E-state index in [1.807, 2.05) is 0 Å². The summed E-state index contributed by atoms with van der Waals surface area (Å²) >= 11 is 0. The second-order valence-electron chi connectivity index (χ2n) is 22.5. The lowest BCUT2D eigenvalue weighted by molar-refractivity contribution is 0.444. The second-order valence-corrected chi connectivity index (χ2v) is 22.5. The van der Waals surface area contributed by atoms with Gasteiger partial charge in [-0.3, -0.25) is 0 Å². The quantitative estimate of drug-likeness (QED) is 0.0960. The largest absolute Gasteiger partial charge is 0.381 e. The molecule has 3 heteroatoms. The van der Waals surface area contributed by atoms with Crippen molar-refractivity contribution >= 4 is 17.1 Å². The van der Waals surface area contributed by atoms with E-state index in [0.29, 0.717) is 17.8 Å². The maximum atomic E-state index is 3.71. The lowest BCUT2D eigenvalue weighted by Crippen LogP contribution is -2.10. The summed E-state index contributed by atoms with van der Waals surface area (Å²) in [5.41, 5.74) is 19.8. The third-order valence-electron chi connectivity index (χ3n) is 15.9. The first-order valence-electron chi connectivity index (χ1n) is 28.3. The average Bonchev–Trinajstić information content (AvgIpc) is 3.41. The monoisotopic (exact) mass is 950 g/mol. The Morgan fingerprint density at radius 2 is 0.620 bits per heavy atom. The Kier molecular flexibility index (Phi) is 20.7. The Morgan fingerprint density at radius 1 is 0.338 bits per heavy atom. The number of benzene rings is 6. The van der Waals surface area contributed by atoms with Gasteiger partial charge in [0.1, 0.15) is 0 Å². The topological polar surface area (TPSA) is 36.1 Å². The van der Waals surface area contributed by atoms with E-state index >= 15 is 0 Å². The first kappa shape index (κ1) is 53.5. The molecule has 0 heterocycles. The normalized spacial score (nSPS) is 15.7. The summed E-state index contributed by atoms with van der Waals surface area (Å²) in [6.07, 6.45) is 20.6. The molecular weight excluding hydrogens is 859 g/mol. The van der Waals surface area contributed by atoms with E-state index in [4.69, 9.17) is 0 Å². The Labute approximate surface area is 432 Å².